The molecule has 0 saturated carbocycles. The summed E-state index contributed by atoms with van der Waals surface area (Å²) in [6.07, 6.45) is -3.55. The summed E-state index contributed by atoms with van der Waals surface area (Å²) in [6.45, 7) is 0. The summed E-state index contributed by atoms with van der Waals surface area (Å²) in [4.78, 5) is 11.4. The van der Waals surface area contributed by atoms with Crippen LogP contribution in [-0.2, 0) is 6.18 Å². The summed E-state index contributed by atoms with van der Waals surface area (Å²) in [6, 6.07) is 2.30. The molecule has 5 nitrogen and oxygen atoms in total. The number of amides is 1. The maximum atomic E-state index is 12.9. The predicted molar refractivity (Wildman–Crippen MR) is 69.8 cm³/mol. The summed E-state index contributed by atoms with van der Waals surface area (Å²) in [5.74, 6) is -0.526. The van der Waals surface area contributed by atoms with Crippen molar-refractivity contribution in [3.63, 3.8) is 0 Å². The molecule has 1 heterocycles. The molecule has 0 fully saturated rings. The zero-order valence-corrected chi connectivity index (χ0v) is 11.9. The number of nitrogens with one attached hydrogen (secondary N) is 1. The Morgan fingerprint density at radius 2 is 2.00 bits per heavy atom. The molecule has 2 aromatic rings. The van der Waals surface area contributed by atoms with Crippen molar-refractivity contribution in [3.05, 3.63) is 39.6 Å². The van der Waals surface area contributed by atoms with Gasteiger partial charge in [0.25, 0.3) is 5.91 Å². The van der Waals surface area contributed by atoms with E-state index >= 15 is 0 Å². The van der Waals surface area contributed by atoms with Crippen molar-refractivity contribution in [1.82, 2.24) is 20.3 Å². The average molecular weight is 339 g/mol. The summed E-state index contributed by atoms with van der Waals surface area (Å²) >= 11 is 11.3. The molecule has 112 valence electrons. The van der Waals surface area contributed by atoms with Crippen molar-refractivity contribution in [3.8, 4) is 5.69 Å². The van der Waals surface area contributed by atoms with Gasteiger partial charge in [-0.3, -0.25) is 4.79 Å². The molecule has 0 aliphatic heterocycles. The first-order valence-corrected chi connectivity index (χ1v) is 6.21. The van der Waals surface area contributed by atoms with E-state index in [1.54, 1.807) is 0 Å². The van der Waals surface area contributed by atoms with Crippen LogP contribution in [0.5, 0.6) is 0 Å². The summed E-state index contributed by atoms with van der Waals surface area (Å²) < 4.78 is 39.7. The molecule has 10 heteroatoms. The van der Waals surface area contributed by atoms with E-state index in [2.05, 4.69) is 15.6 Å². The Balaban J connectivity index is 2.56. The fourth-order valence-electron chi connectivity index (χ4n) is 1.59. The van der Waals surface area contributed by atoms with E-state index in [9.17, 15) is 18.0 Å². The second-order valence-corrected chi connectivity index (χ2v) is 4.67. The van der Waals surface area contributed by atoms with Crippen LogP contribution in [0, 0.1) is 0 Å². The Labute approximate surface area is 126 Å². The summed E-state index contributed by atoms with van der Waals surface area (Å²) in [7, 11) is 1.39. The minimum absolute atomic E-state index is 0.0583. The third-order valence-electron chi connectivity index (χ3n) is 2.55. The number of hydrogen-bond donors (Lipinski definition) is 1. The maximum Gasteiger partial charge on any atom is 0.419 e. The van der Waals surface area contributed by atoms with E-state index in [4.69, 9.17) is 23.2 Å². The first-order chi connectivity index (χ1) is 9.75. The predicted octanol–water partition coefficient (Wildman–Crippen LogP) is 2.95. The van der Waals surface area contributed by atoms with Crippen molar-refractivity contribution < 1.29 is 18.0 Å². The van der Waals surface area contributed by atoms with Crippen molar-refractivity contribution in [1.29, 1.82) is 0 Å². The maximum absolute atomic E-state index is 12.9. The van der Waals surface area contributed by atoms with E-state index < -0.39 is 27.7 Å². The number of alkyl halides is 3. The van der Waals surface area contributed by atoms with Gasteiger partial charge in [0.05, 0.1) is 27.5 Å². The highest BCUT2D eigenvalue weighted by Crippen LogP contribution is 2.41. The number of nitrogens with zero attached hydrogens (tertiary/aromatic N) is 3. The van der Waals surface area contributed by atoms with Crippen LogP contribution in [-0.4, -0.2) is 27.9 Å². The molecule has 0 saturated heterocycles. The second-order valence-electron chi connectivity index (χ2n) is 3.88. The van der Waals surface area contributed by atoms with Crippen molar-refractivity contribution in [2.24, 2.45) is 0 Å². The average Bonchev–Trinajstić information content (AvgIpc) is 2.85. The Bertz CT molecular complexity index is 699. The highest BCUT2D eigenvalue weighted by Gasteiger charge is 2.37. The molecule has 0 atom stereocenters. The summed E-state index contributed by atoms with van der Waals surface area (Å²) in [5.41, 5.74) is -1.31. The van der Waals surface area contributed by atoms with Gasteiger partial charge in [0.15, 0.2) is 5.69 Å². The molecule has 1 aromatic heterocycles. The monoisotopic (exact) mass is 338 g/mol. The molecule has 0 radical (unpaired) electrons. The molecule has 0 unspecified atom stereocenters. The minimum atomic E-state index is -4.71. The fraction of sp³-hybridized carbons (Fsp3) is 0.182. The quantitative estimate of drug-likeness (QED) is 0.915. The molecule has 2 rings (SSSR count). The molecular weight excluding hydrogens is 332 g/mol. The SMILES string of the molecule is CNC(=O)c1cn(-c2ccc(Cl)c(C(F)(F)F)c2Cl)nn1. The Hall–Kier alpha value is -1.80. The van der Waals surface area contributed by atoms with Crippen LogP contribution < -0.4 is 5.32 Å². The van der Waals surface area contributed by atoms with Crippen LogP contribution >= 0.6 is 23.2 Å². The lowest BCUT2D eigenvalue weighted by Crippen LogP contribution is -2.18. The number of rotatable bonds is 2. The van der Waals surface area contributed by atoms with E-state index in [1.807, 2.05) is 0 Å². The van der Waals surface area contributed by atoms with Crippen molar-refractivity contribution in [2.45, 2.75) is 6.18 Å². The van der Waals surface area contributed by atoms with Gasteiger partial charge in [0.1, 0.15) is 0 Å². The van der Waals surface area contributed by atoms with Gasteiger partial charge < -0.3 is 5.32 Å². The molecule has 0 aliphatic carbocycles. The number of aromatic nitrogens is 3. The normalized spacial score (nSPS) is 11.5. The number of halogens is 5. The molecule has 1 aromatic carbocycles. The third kappa shape index (κ3) is 2.96. The van der Waals surface area contributed by atoms with Gasteiger partial charge in [-0.25, -0.2) is 4.68 Å². The van der Waals surface area contributed by atoms with Gasteiger partial charge in [-0.1, -0.05) is 28.4 Å². The minimum Gasteiger partial charge on any atom is -0.354 e. The van der Waals surface area contributed by atoms with Gasteiger partial charge in [-0.2, -0.15) is 13.2 Å². The smallest absolute Gasteiger partial charge is 0.354 e. The van der Waals surface area contributed by atoms with Crippen LogP contribution in [0.25, 0.3) is 5.69 Å². The van der Waals surface area contributed by atoms with Gasteiger partial charge in [-0.05, 0) is 12.1 Å². The molecular formula is C11H7Cl2F3N4O. The third-order valence-corrected chi connectivity index (χ3v) is 3.25. The molecule has 1 amide bonds. The van der Waals surface area contributed by atoms with E-state index in [-0.39, 0.29) is 11.4 Å². The number of carbonyl (C=O) groups excluding carboxylic acids is 1. The highest BCUT2D eigenvalue weighted by molar-refractivity contribution is 6.37. The van der Waals surface area contributed by atoms with E-state index in [0.717, 1.165) is 16.9 Å². The molecule has 0 bridgehead atoms. The number of benzene rings is 1. The van der Waals surface area contributed by atoms with Crippen LogP contribution in [0.15, 0.2) is 18.3 Å². The highest BCUT2D eigenvalue weighted by atomic mass is 35.5. The Morgan fingerprint density at radius 1 is 1.33 bits per heavy atom. The summed E-state index contributed by atoms with van der Waals surface area (Å²) in [5, 5.41) is 8.30. The lowest BCUT2D eigenvalue weighted by atomic mass is 10.2. The van der Waals surface area contributed by atoms with Crippen LogP contribution in [0.3, 0.4) is 0 Å². The van der Waals surface area contributed by atoms with Crippen LogP contribution in [0.1, 0.15) is 16.1 Å². The Morgan fingerprint density at radius 3 is 2.57 bits per heavy atom. The molecule has 21 heavy (non-hydrogen) atoms. The molecule has 1 N–H and O–H groups in total. The first kappa shape index (κ1) is 15.6. The molecule has 0 aliphatic rings. The Kier molecular flexibility index (Phi) is 4.11. The zero-order chi connectivity index (χ0) is 15.8. The lowest BCUT2D eigenvalue weighted by Gasteiger charge is -2.13. The molecule has 0 spiro atoms. The topological polar surface area (TPSA) is 59.8 Å². The van der Waals surface area contributed by atoms with Gasteiger partial charge in [-0.15, -0.1) is 5.10 Å². The van der Waals surface area contributed by atoms with Gasteiger partial charge in [0.2, 0.25) is 0 Å². The second kappa shape index (κ2) is 5.53. The number of carbonyl (C=O) groups is 1. The first-order valence-electron chi connectivity index (χ1n) is 5.45. The fourth-order valence-corrected chi connectivity index (χ4v) is 2.26. The lowest BCUT2D eigenvalue weighted by molar-refractivity contribution is -0.137. The number of hydrogen-bond acceptors (Lipinski definition) is 3. The van der Waals surface area contributed by atoms with E-state index in [0.29, 0.717) is 0 Å². The zero-order valence-electron chi connectivity index (χ0n) is 10.4. The van der Waals surface area contributed by atoms with Gasteiger partial charge in [0, 0.05) is 7.05 Å². The van der Waals surface area contributed by atoms with Crippen molar-refractivity contribution >= 4 is 29.1 Å². The standard InChI is InChI=1S/C11H7Cl2F3N4O/c1-17-10(21)6-4-20(19-18-6)7-3-2-5(12)8(9(7)13)11(14,15)16/h2-4H,1H3,(H,17,21). The largest absolute Gasteiger partial charge is 0.419 e. The van der Waals surface area contributed by atoms with Crippen LogP contribution in [0.2, 0.25) is 10.0 Å². The van der Waals surface area contributed by atoms with Crippen molar-refractivity contribution in [2.75, 3.05) is 7.05 Å². The van der Waals surface area contributed by atoms with Gasteiger partial charge >= 0.3 is 6.18 Å². The van der Waals surface area contributed by atoms with Crippen LogP contribution in [0.4, 0.5) is 13.2 Å². The van der Waals surface area contributed by atoms with E-state index in [1.165, 1.54) is 13.1 Å².